The molecule has 1 heterocycles. The SMILES string of the molecule is Cc1ccc(Cl)cc1NC(=O)COC(=O)CN1C(=O)[C@@H]2[C@H](C1=O)[C@H]1C=C[C@H]2C1. The lowest BCUT2D eigenvalue weighted by atomic mass is 9.85. The number of nitrogens with one attached hydrogen (secondary N) is 1. The molecule has 8 heteroatoms. The van der Waals surface area contributed by atoms with E-state index < -0.39 is 25.0 Å². The Morgan fingerprint density at radius 1 is 1.18 bits per heavy atom. The Morgan fingerprint density at radius 2 is 1.82 bits per heavy atom. The topological polar surface area (TPSA) is 92.8 Å². The van der Waals surface area contributed by atoms with Gasteiger partial charge in [0.25, 0.3) is 5.91 Å². The Bertz CT molecular complexity index is 882. The average Bonchev–Trinajstić information content (AvgIpc) is 3.33. The first-order chi connectivity index (χ1) is 13.3. The van der Waals surface area contributed by atoms with Crippen LogP contribution in [0.2, 0.25) is 5.02 Å². The van der Waals surface area contributed by atoms with Gasteiger partial charge >= 0.3 is 5.97 Å². The normalized spacial score (nSPS) is 27.3. The lowest BCUT2D eigenvalue weighted by molar-refractivity contribution is -0.154. The zero-order valence-electron chi connectivity index (χ0n) is 15.2. The van der Waals surface area contributed by atoms with Gasteiger partial charge in [0, 0.05) is 10.7 Å². The summed E-state index contributed by atoms with van der Waals surface area (Å²) in [5.74, 6) is -2.50. The van der Waals surface area contributed by atoms with E-state index in [1.54, 1.807) is 25.1 Å². The van der Waals surface area contributed by atoms with E-state index in [2.05, 4.69) is 5.32 Å². The maximum atomic E-state index is 12.5. The van der Waals surface area contributed by atoms with Crippen LogP contribution in [0, 0.1) is 30.6 Å². The molecule has 1 aromatic carbocycles. The summed E-state index contributed by atoms with van der Waals surface area (Å²) >= 11 is 5.90. The number of carbonyl (C=O) groups excluding carboxylic acids is 4. The second-order valence-electron chi connectivity index (χ2n) is 7.43. The van der Waals surface area contributed by atoms with Crippen LogP contribution in [-0.4, -0.2) is 41.7 Å². The lowest BCUT2D eigenvalue weighted by Crippen LogP contribution is -2.38. The third kappa shape index (κ3) is 3.20. The molecule has 1 N–H and O–H groups in total. The number of rotatable bonds is 5. The quantitative estimate of drug-likeness (QED) is 0.461. The van der Waals surface area contributed by atoms with E-state index in [1.165, 1.54) is 0 Å². The highest BCUT2D eigenvalue weighted by molar-refractivity contribution is 6.31. The van der Waals surface area contributed by atoms with Gasteiger partial charge in [-0.15, -0.1) is 0 Å². The Labute approximate surface area is 166 Å². The summed E-state index contributed by atoms with van der Waals surface area (Å²) in [5.41, 5.74) is 1.33. The Kier molecular flexibility index (Phi) is 4.71. The number of hydrogen-bond donors (Lipinski definition) is 1. The first-order valence-electron chi connectivity index (χ1n) is 9.10. The zero-order chi connectivity index (χ0) is 20.0. The van der Waals surface area contributed by atoms with Gasteiger partial charge in [-0.1, -0.05) is 29.8 Å². The first kappa shape index (κ1) is 18.7. The van der Waals surface area contributed by atoms with Gasteiger partial charge in [-0.25, -0.2) is 0 Å². The molecule has 2 fully saturated rings. The highest BCUT2D eigenvalue weighted by Gasteiger charge is 2.59. The molecule has 7 nitrogen and oxygen atoms in total. The van der Waals surface area contributed by atoms with Crippen molar-refractivity contribution >= 4 is 41.0 Å². The first-order valence-corrected chi connectivity index (χ1v) is 9.48. The van der Waals surface area contributed by atoms with Crippen molar-refractivity contribution in [1.82, 2.24) is 4.90 Å². The molecule has 4 atom stereocenters. The van der Waals surface area contributed by atoms with E-state index in [0.717, 1.165) is 16.9 Å². The van der Waals surface area contributed by atoms with Crippen LogP contribution in [0.15, 0.2) is 30.4 Å². The molecule has 2 aliphatic carbocycles. The summed E-state index contributed by atoms with van der Waals surface area (Å²) in [6.45, 7) is 0.829. The van der Waals surface area contributed by atoms with Gasteiger partial charge in [0.1, 0.15) is 6.54 Å². The van der Waals surface area contributed by atoms with Crippen molar-refractivity contribution in [2.45, 2.75) is 13.3 Å². The van der Waals surface area contributed by atoms with Gasteiger partial charge in [0.05, 0.1) is 11.8 Å². The van der Waals surface area contributed by atoms with Crippen molar-refractivity contribution in [2.24, 2.45) is 23.7 Å². The van der Waals surface area contributed by atoms with Crippen molar-refractivity contribution in [1.29, 1.82) is 0 Å². The largest absolute Gasteiger partial charge is 0.454 e. The number of fused-ring (bicyclic) bond motifs is 5. The number of likely N-dealkylation sites (tertiary alicyclic amines) is 1. The molecular formula is C20H19ClN2O5. The maximum Gasteiger partial charge on any atom is 0.326 e. The van der Waals surface area contributed by atoms with Crippen molar-refractivity contribution in [3.05, 3.63) is 40.9 Å². The third-order valence-electron chi connectivity index (χ3n) is 5.69. The van der Waals surface area contributed by atoms with Crippen LogP contribution < -0.4 is 5.32 Å². The number of benzene rings is 1. The third-order valence-corrected chi connectivity index (χ3v) is 5.92. The number of allylic oxidation sites excluding steroid dienone is 2. The van der Waals surface area contributed by atoms with E-state index in [4.69, 9.17) is 16.3 Å². The molecule has 2 bridgehead atoms. The summed E-state index contributed by atoms with van der Waals surface area (Å²) in [6.07, 6.45) is 4.80. The van der Waals surface area contributed by atoms with Crippen molar-refractivity contribution in [3.8, 4) is 0 Å². The summed E-state index contributed by atoms with van der Waals surface area (Å²) in [7, 11) is 0. The number of hydrogen-bond acceptors (Lipinski definition) is 5. The fraction of sp³-hybridized carbons (Fsp3) is 0.400. The predicted molar refractivity (Wildman–Crippen MR) is 100 cm³/mol. The summed E-state index contributed by atoms with van der Waals surface area (Å²) in [5, 5.41) is 3.08. The number of halogens is 1. The molecule has 4 rings (SSSR count). The number of amides is 3. The van der Waals surface area contributed by atoms with Crippen LogP contribution in [0.4, 0.5) is 5.69 Å². The molecule has 0 radical (unpaired) electrons. The lowest BCUT2D eigenvalue weighted by Gasteiger charge is -2.16. The summed E-state index contributed by atoms with van der Waals surface area (Å²) < 4.78 is 4.95. The van der Waals surface area contributed by atoms with E-state index in [1.807, 2.05) is 12.2 Å². The fourth-order valence-corrected chi connectivity index (χ4v) is 4.53. The van der Waals surface area contributed by atoms with Gasteiger partial charge in [0.2, 0.25) is 11.8 Å². The molecule has 3 aliphatic rings. The Balaban J connectivity index is 1.30. The van der Waals surface area contributed by atoms with Crippen LogP contribution in [0.3, 0.4) is 0 Å². The van der Waals surface area contributed by atoms with E-state index in [-0.39, 0.29) is 35.5 Å². The molecule has 1 saturated heterocycles. The molecule has 28 heavy (non-hydrogen) atoms. The second kappa shape index (κ2) is 7.05. The minimum absolute atomic E-state index is 0.0826. The number of anilines is 1. The van der Waals surface area contributed by atoms with Crippen LogP contribution >= 0.6 is 11.6 Å². The smallest absolute Gasteiger partial charge is 0.326 e. The molecule has 3 amide bonds. The number of ether oxygens (including phenoxy) is 1. The van der Waals surface area contributed by atoms with Crippen LogP contribution in [0.1, 0.15) is 12.0 Å². The Hall–Kier alpha value is -2.67. The zero-order valence-corrected chi connectivity index (χ0v) is 15.9. The predicted octanol–water partition coefficient (Wildman–Crippen LogP) is 1.94. The Morgan fingerprint density at radius 3 is 2.46 bits per heavy atom. The number of esters is 1. The van der Waals surface area contributed by atoms with Crippen molar-refractivity contribution in [2.75, 3.05) is 18.5 Å². The van der Waals surface area contributed by atoms with Crippen LogP contribution in [-0.2, 0) is 23.9 Å². The number of carbonyl (C=O) groups is 4. The van der Waals surface area contributed by atoms with Gasteiger partial charge in [-0.3, -0.25) is 24.1 Å². The molecule has 1 saturated carbocycles. The van der Waals surface area contributed by atoms with Crippen LogP contribution in [0.25, 0.3) is 0 Å². The number of imide groups is 1. The molecule has 146 valence electrons. The standard InChI is InChI=1S/C20H19ClN2O5/c1-10-2-5-13(21)7-14(10)22-15(24)9-28-16(25)8-23-19(26)17-11-3-4-12(6-11)18(17)20(23)27/h2-5,7,11-12,17-18H,6,8-9H2,1H3,(H,22,24)/t11-,12-,17-,18+/m0/s1. The molecule has 0 aromatic heterocycles. The van der Waals surface area contributed by atoms with Gasteiger partial charge in [-0.05, 0) is 42.9 Å². The molecule has 1 aromatic rings. The molecule has 1 aliphatic heterocycles. The maximum absolute atomic E-state index is 12.5. The number of nitrogens with zero attached hydrogens (tertiary/aromatic N) is 1. The van der Waals surface area contributed by atoms with Gasteiger partial charge < -0.3 is 10.1 Å². The van der Waals surface area contributed by atoms with Crippen molar-refractivity contribution < 1.29 is 23.9 Å². The van der Waals surface area contributed by atoms with Crippen LogP contribution in [0.5, 0.6) is 0 Å². The van der Waals surface area contributed by atoms with E-state index in [9.17, 15) is 19.2 Å². The van der Waals surface area contributed by atoms with Crippen molar-refractivity contribution in [3.63, 3.8) is 0 Å². The average molecular weight is 403 g/mol. The van der Waals surface area contributed by atoms with Gasteiger partial charge in [0.15, 0.2) is 6.61 Å². The molecule has 0 unspecified atom stereocenters. The van der Waals surface area contributed by atoms with E-state index in [0.29, 0.717) is 10.7 Å². The molecular weight excluding hydrogens is 384 g/mol. The monoisotopic (exact) mass is 402 g/mol. The fourth-order valence-electron chi connectivity index (χ4n) is 4.36. The minimum atomic E-state index is -0.792. The highest BCUT2D eigenvalue weighted by atomic mass is 35.5. The minimum Gasteiger partial charge on any atom is -0.454 e. The molecule has 0 spiro atoms. The summed E-state index contributed by atoms with van der Waals surface area (Å²) in [6, 6.07) is 5.06. The van der Waals surface area contributed by atoms with E-state index >= 15 is 0 Å². The highest BCUT2D eigenvalue weighted by Crippen LogP contribution is 2.52. The number of aryl methyl sites for hydroxylation is 1. The summed E-state index contributed by atoms with van der Waals surface area (Å²) in [4.78, 5) is 50.2. The van der Waals surface area contributed by atoms with Gasteiger partial charge in [-0.2, -0.15) is 0 Å². The second-order valence-corrected chi connectivity index (χ2v) is 7.87.